The van der Waals surface area contributed by atoms with Gasteiger partial charge in [-0.15, -0.1) is 0 Å². The molecule has 0 aliphatic rings. The molecule has 0 bridgehead atoms. The third-order valence-corrected chi connectivity index (χ3v) is 4.44. The van der Waals surface area contributed by atoms with Crippen LogP contribution in [0.1, 0.15) is 18.6 Å². The van der Waals surface area contributed by atoms with Gasteiger partial charge in [0.1, 0.15) is 11.9 Å². The molecule has 3 aromatic heterocycles. The zero-order valence-corrected chi connectivity index (χ0v) is 15.7. The summed E-state index contributed by atoms with van der Waals surface area (Å²) in [5, 5.41) is 5.41. The Hall–Kier alpha value is -3.45. The Morgan fingerprint density at radius 2 is 1.93 bits per heavy atom. The molecule has 1 aromatic carbocycles. The number of nitrogens with zero attached hydrogens (tertiary/aromatic N) is 4. The van der Waals surface area contributed by atoms with Crippen LogP contribution in [-0.2, 0) is 0 Å². The van der Waals surface area contributed by atoms with E-state index < -0.39 is 0 Å². The maximum atomic E-state index is 6.20. The number of fused-ring (bicyclic) bond motifs is 1. The normalized spacial score (nSPS) is 13.2. The summed E-state index contributed by atoms with van der Waals surface area (Å²) in [5.41, 5.74) is 8.01. The lowest BCUT2D eigenvalue weighted by atomic mass is 10.1. The molecule has 142 valence electrons. The average Bonchev–Trinajstić information content (AvgIpc) is 3.16. The standard InChI is InChI=1S/C21H21N5O2/c1-14(22)21(15-6-9-20(27-2)24-12-15)28-17-7-8-18-16(11-17)13-25-26(18)19-5-3-4-10-23-19/h3-14,21H,22H2,1-2H3. The van der Waals surface area contributed by atoms with E-state index in [0.29, 0.717) is 11.6 Å². The Labute approximate surface area is 162 Å². The summed E-state index contributed by atoms with van der Waals surface area (Å²) in [6, 6.07) is 15.1. The first kappa shape index (κ1) is 17.9. The molecule has 7 nitrogen and oxygen atoms in total. The van der Waals surface area contributed by atoms with Crippen LogP contribution in [0.2, 0.25) is 0 Å². The molecule has 0 spiro atoms. The number of benzene rings is 1. The fraction of sp³-hybridized carbons (Fsp3) is 0.190. The van der Waals surface area contributed by atoms with Crippen LogP contribution in [0.4, 0.5) is 0 Å². The van der Waals surface area contributed by atoms with Gasteiger partial charge in [0.15, 0.2) is 5.82 Å². The first-order valence-electron chi connectivity index (χ1n) is 8.97. The second-order valence-corrected chi connectivity index (χ2v) is 6.50. The monoisotopic (exact) mass is 375 g/mol. The summed E-state index contributed by atoms with van der Waals surface area (Å²) >= 11 is 0. The highest BCUT2D eigenvalue weighted by atomic mass is 16.5. The van der Waals surface area contributed by atoms with E-state index in [1.54, 1.807) is 36.4 Å². The summed E-state index contributed by atoms with van der Waals surface area (Å²) in [6.07, 6.45) is 4.94. The molecule has 4 rings (SSSR count). The molecule has 28 heavy (non-hydrogen) atoms. The molecule has 2 N–H and O–H groups in total. The minimum atomic E-state index is -0.332. The van der Waals surface area contributed by atoms with Crippen molar-refractivity contribution in [3.63, 3.8) is 0 Å². The van der Waals surface area contributed by atoms with Gasteiger partial charge in [-0.05, 0) is 43.3 Å². The van der Waals surface area contributed by atoms with Crippen LogP contribution in [-0.4, -0.2) is 32.9 Å². The third kappa shape index (κ3) is 3.52. The number of aromatic nitrogens is 4. The number of pyridine rings is 2. The van der Waals surface area contributed by atoms with Gasteiger partial charge < -0.3 is 15.2 Å². The first-order chi connectivity index (χ1) is 13.7. The highest BCUT2D eigenvalue weighted by Gasteiger charge is 2.19. The van der Waals surface area contributed by atoms with Crippen molar-refractivity contribution in [2.75, 3.05) is 7.11 Å². The van der Waals surface area contributed by atoms with Crippen molar-refractivity contribution in [2.45, 2.75) is 19.1 Å². The van der Waals surface area contributed by atoms with Crippen LogP contribution in [0.3, 0.4) is 0 Å². The van der Waals surface area contributed by atoms with Crippen molar-refractivity contribution in [1.29, 1.82) is 0 Å². The first-order valence-corrected chi connectivity index (χ1v) is 8.97. The predicted molar refractivity (Wildman–Crippen MR) is 107 cm³/mol. The smallest absolute Gasteiger partial charge is 0.212 e. The summed E-state index contributed by atoms with van der Waals surface area (Å²) in [7, 11) is 1.59. The minimum absolute atomic E-state index is 0.220. The van der Waals surface area contributed by atoms with Gasteiger partial charge >= 0.3 is 0 Å². The van der Waals surface area contributed by atoms with Gasteiger partial charge in [0.25, 0.3) is 0 Å². The topological polar surface area (TPSA) is 88.1 Å². The van der Waals surface area contributed by atoms with E-state index in [0.717, 1.165) is 22.3 Å². The molecule has 0 saturated heterocycles. The van der Waals surface area contributed by atoms with Crippen LogP contribution < -0.4 is 15.2 Å². The van der Waals surface area contributed by atoms with Crippen molar-refractivity contribution in [2.24, 2.45) is 5.73 Å². The second kappa shape index (κ2) is 7.66. The Balaban J connectivity index is 1.62. The maximum Gasteiger partial charge on any atom is 0.212 e. The van der Waals surface area contributed by atoms with E-state index in [1.807, 2.05) is 49.4 Å². The molecular formula is C21H21N5O2. The summed E-state index contributed by atoms with van der Waals surface area (Å²) in [6.45, 7) is 1.91. The minimum Gasteiger partial charge on any atom is -0.484 e. The molecule has 3 heterocycles. The van der Waals surface area contributed by atoms with Crippen molar-refractivity contribution in [1.82, 2.24) is 19.7 Å². The van der Waals surface area contributed by atoms with Gasteiger partial charge in [0.2, 0.25) is 5.88 Å². The van der Waals surface area contributed by atoms with E-state index in [2.05, 4.69) is 15.1 Å². The second-order valence-electron chi connectivity index (χ2n) is 6.50. The van der Waals surface area contributed by atoms with Gasteiger partial charge in [-0.1, -0.05) is 6.07 Å². The Kier molecular flexibility index (Phi) is 4.90. The van der Waals surface area contributed by atoms with Crippen molar-refractivity contribution in [3.05, 3.63) is 72.7 Å². The van der Waals surface area contributed by atoms with E-state index >= 15 is 0 Å². The highest BCUT2D eigenvalue weighted by Crippen LogP contribution is 2.28. The molecule has 0 aliphatic heterocycles. The summed E-state index contributed by atoms with van der Waals surface area (Å²) < 4.78 is 13.1. The van der Waals surface area contributed by atoms with Crippen molar-refractivity contribution < 1.29 is 9.47 Å². The third-order valence-electron chi connectivity index (χ3n) is 4.44. The molecule has 0 amide bonds. The van der Waals surface area contributed by atoms with Gasteiger partial charge in [0, 0.05) is 35.5 Å². The quantitative estimate of drug-likeness (QED) is 0.556. The number of ether oxygens (including phenoxy) is 2. The number of hydrogen-bond acceptors (Lipinski definition) is 6. The summed E-state index contributed by atoms with van der Waals surface area (Å²) in [5.74, 6) is 2.03. The molecule has 4 aromatic rings. The molecule has 0 radical (unpaired) electrons. The largest absolute Gasteiger partial charge is 0.484 e. The SMILES string of the molecule is COc1ccc(C(Oc2ccc3c(cnn3-c3ccccn3)c2)C(C)N)cn1. The van der Waals surface area contributed by atoms with Crippen molar-refractivity contribution >= 4 is 10.9 Å². The Bertz CT molecular complexity index is 1060. The molecule has 0 fully saturated rings. The van der Waals surface area contributed by atoms with Gasteiger partial charge in [-0.3, -0.25) is 0 Å². The lowest BCUT2D eigenvalue weighted by Gasteiger charge is -2.23. The van der Waals surface area contributed by atoms with Crippen LogP contribution in [0.15, 0.2) is 67.1 Å². The fourth-order valence-electron chi connectivity index (χ4n) is 3.05. The molecule has 0 aliphatic carbocycles. The van der Waals surface area contributed by atoms with Crippen LogP contribution >= 0.6 is 0 Å². The molecular weight excluding hydrogens is 354 g/mol. The zero-order valence-electron chi connectivity index (χ0n) is 15.7. The number of hydrogen-bond donors (Lipinski definition) is 1. The number of methoxy groups -OCH3 is 1. The lowest BCUT2D eigenvalue weighted by Crippen LogP contribution is -2.29. The van der Waals surface area contributed by atoms with E-state index in [1.165, 1.54) is 0 Å². The average molecular weight is 375 g/mol. The van der Waals surface area contributed by atoms with Gasteiger partial charge in [0.05, 0.1) is 18.8 Å². The molecule has 0 saturated carbocycles. The lowest BCUT2D eigenvalue weighted by molar-refractivity contribution is 0.180. The zero-order chi connectivity index (χ0) is 19.5. The predicted octanol–water partition coefficient (Wildman–Crippen LogP) is 3.29. The number of rotatable bonds is 6. The van der Waals surface area contributed by atoms with E-state index in [-0.39, 0.29) is 12.1 Å². The maximum absolute atomic E-state index is 6.20. The van der Waals surface area contributed by atoms with Crippen LogP contribution in [0, 0.1) is 0 Å². The fourth-order valence-corrected chi connectivity index (χ4v) is 3.05. The van der Waals surface area contributed by atoms with Gasteiger partial charge in [-0.2, -0.15) is 5.10 Å². The van der Waals surface area contributed by atoms with Crippen LogP contribution in [0.25, 0.3) is 16.7 Å². The molecule has 7 heteroatoms. The molecule has 2 atom stereocenters. The number of nitrogens with two attached hydrogens (primary N) is 1. The van der Waals surface area contributed by atoms with Crippen molar-refractivity contribution in [3.8, 4) is 17.4 Å². The van der Waals surface area contributed by atoms with E-state index in [4.69, 9.17) is 15.2 Å². The van der Waals surface area contributed by atoms with Gasteiger partial charge in [-0.25, -0.2) is 14.6 Å². The summed E-state index contributed by atoms with van der Waals surface area (Å²) in [4.78, 5) is 8.61. The Morgan fingerprint density at radius 1 is 1.04 bits per heavy atom. The van der Waals surface area contributed by atoms with E-state index in [9.17, 15) is 0 Å². The Morgan fingerprint density at radius 3 is 2.61 bits per heavy atom. The highest BCUT2D eigenvalue weighted by molar-refractivity contribution is 5.81. The molecule has 2 unspecified atom stereocenters. The van der Waals surface area contributed by atoms with Crippen LogP contribution in [0.5, 0.6) is 11.6 Å².